The summed E-state index contributed by atoms with van der Waals surface area (Å²) in [6, 6.07) is 16.3. The fraction of sp³-hybridized carbons (Fsp3) is 0.300. The SMILES string of the molecule is CC(C)COC(=O)c1ccc(CC(C=O)Oc2ccccc2)cc1. The molecule has 0 aliphatic rings. The lowest BCUT2D eigenvalue weighted by Crippen LogP contribution is -2.21. The molecule has 0 spiro atoms. The van der Waals surface area contributed by atoms with Crippen LogP contribution in [0.25, 0.3) is 0 Å². The second kappa shape index (κ2) is 8.87. The van der Waals surface area contributed by atoms with Crippen molar-refractivity contribution in [3.63, 3.8) is 0 Å². The Kier molecular flexibility index (Phi) is 6.55. The van der Waals surface area contributed by atoms with Gasteiger partial charge in [0.05, 0.1) is 12.2 Å². The molecule has 0 saturated carbocycles. The van der Waals surface area contributed by atoms with Crippen LogP contribution < -0.4 is 4.74 Å². The van der Waals surface area contributed by atoms with Crippen LogP contribution in [0.5, 0.6) is 5.75 Å². The van der Waals surface area contributed by atoms with E-state index < -0.39 is 6.10 Å². The van der Waals surface area contributed by atoms with E-state index in [-0.39, 0.29) is 5.97 Å². The van der Waals surface area contributed by atoms with Gasteiger partial charge >= 0.3 is 5.97 Å². The highest BCUT2D eigenvalue weighted by Gasteiger charge is 2.12. The van der Waals surface area contributed by atoms with Gasteiger partial charge < -0.3 is 9.47 Å². The van der Waals surface area contributed by atoms with E-state index in [0.717, 1.165) is 11.8 Å². The van der Waals surface area contributed by atoms with E-state index in [1.54, 1.807) is 12.1 Å². The molecule has 0 aromatic heterocycles. The van der Waals surface area contributed by atoms with Gasteiger partial charge in [0.25, 0.3) is 0 Å². The normalized spacial score (nSPS) is 11.8. The first-order chi connectivity index (χ1) is 11.6. The minimum atomic E-state index is -0.564. The van der Waals surface area contributed by atoms with E-state index in [4.69, 9.17) is 9.47 Å². The Morgan fingerprint density at radius 1 is 1.04 bits per heavy atom. The summed E-state index contributed by atoms with van der Waals surface area (Å²) in [5.41, 5.74) is 1.43. The second-order valence-electron chi connectivity index (χ2n) is 6.00. The Bertz CT molecular complexity index is 647. The van der Waals surface area contributed by atoms with Crippen LogP contribution in [-0.2, 0) is 16.0 Å². The first-order valence-corrected chi connectivity index (χ1v) is 8.01. The topological polar surface area (TPSA) is 52.6 Å². The number of hydrogen-bond acceptors (Lipinski definition) is 4. The standard InChI is InChI=1S/C20H22O4/c1-15(2)14-23-20(22)17-10-8-16(9-11-17)12-19(13-21)24-18-6-4-3-5-7-18/h3-11,13,15,19H,12,14H2,1-2H3. The molecule has 0 radical (unpaired) electrons. The van der Waals surface area contributed by atoms with Gasteiger partial charge in [-0.25, -0.2) is 4.79 Å². The number of ether oxygens (including phenoxy) is 2. The van der Waals surface area contributed by atoms with Gasteiger partial charge in [-0.1, -0.05) is 44.2 Å². The van der Waals surface area contributed by atoms with Crippen molar-refractivity contribution in [1.82, 2.24) is 0 Å². The number of carbonyl (C=O) groups is 2. The van der Waals surface area contributed by atoms with Gasteiger partial charge in [0.2, 0.25) is 0 Å². The lowest BCUT2D eigenvalue weighted by Gasteiger charge is -2.14. The minimum Gasteiger partial charge on any atom is -0.483 e. The smallest absolute Gasteiger partial charge is 0.338 e. The quantitative estimate of drug-likeness (QED) is 0.548. The van der Waals surface area contributed by atoms with Crippen molar-refractivity contribution in [1.29, 1.82) is 0 Å². The summed E-state index contributed by atoms with van der Waals surface area (Å²) in [6.07, 6.45) is 0.670. The molecule has 0 bridgehead atoms. The summed E-state index contributed by atoms with van der Waals surface area (Å²) in [7, 11) is 0. The Hall–Kier alpha value is -2.62. The van der Waals surface area contributed by atoms with E-state index in [1.165, 1.54) is 0 Å². The summed E-state index contributed by atoms with van der Waals surface area (Å²) >= 11 is 0. The molecule has 1 unspecified atom stereocenters. The number of aldehydes is 1. The summed E-state index contributed by atoms with van der Waals surface area (Å²) in [6.45, 7) is 4.38. The van der Waals surface area contributed by atoms with Crippen molar-refractivity contribution < 1.29 is 19.1 Å². The largest absolute Gasteiger partial charge is 0.483 e. The maximum atomic E-state index is 11.9. The van der Waals surface area contributed by atoms with Gasteiger partial charge in [-0.05, 0) is 35.7 Å². The van der Waals surface area contributed by atoms with Crippen molar-refractivity contribution >= 4 is 12.3 Å². The highest BCUT2D eigenvalue weighted by atomic mass is 16.5. The van der Waals surface area contributed by atoms with Gasteiger partial charge in [0.1, 0.15) is 5.75 Å². The molecule has 1 atom stereocenters. The van der Waals surface area contributed by atoms with Gasteiger partial charge in [-0.15, -0.1) is 0 Å². The molecular formula is C20H22O4. The number of rotatable bonds is 8. The zero-order valence-electron chi connectivity index (χ0n) is 14.0. The minimum absolute atomic E-state index is 0.303. The summed E-state index contributed by atoms with van der Waals surface area (Å²) < 4.78 is 10.8. The number of carbonyl (C=O) groups excluding carboxylic acids is 2. The summed E-state index contributed by atoms with van der Waals surface area (Å²) in [5, 5.41) is 0. The van der Waals surface area contributed by atoms with Crippen LogP contribution in [-0.4, -0.2) is 25.0 Å². The highest BCUT2D eigenvalue weighted by Crippen LogP contribution is 2.14. The third kappa shape index (κ3) is 5.54. The van der Waals surface area contributed by atoms with Crippen molar-refractivity contribution in [2.45, 2.75) is 26.4 Å². The van der Waals surface area contributed by atoms with Gasteiger partial charge in [0, 0.05) is 6.42 Å². The maximum absolute atomic E-state index is 11.9. The molecule has 2 aromatic rings. The molecule has 2 aromatic carbocycles. The third-order valence-electron chi connectivity index (χ3n) is 3.36. The van der Waals surface area contributed by atoms with Crippen LogP contribution in [0.4, 0.5) is 0 Å². The Morgan fingerprint density at radius 2 is 1.71 bits per heavy atom. The predicted molar refractivity (Wildman–Crippen MR) is 92.2 cm³/mol. The molecule has 24 heavy (non-hydrogen) atoms. The Morgan fingerprint density at radius 3 is 2.29 bits per heavy atom. The Labute approximate surface area is 142 Å². The number of esters is 1. The van der Waals surface area contributed by atoms with Crippen LogP contribution in [0.3, 0.4) is 0 Å². The number of hydrogen-bond donors (Lipinski definition) is 0. The zero-order chi connectivity index (χ0) is 17.4. The van der Waals surface area contributed by atoms with E-state index in [2.05, 4.69) is 0 Å². The monoisotopic (exact) mass is 326 g/mol. The second-order valence-corrected chi connectivity index (χ2v) is 6.00. The molecule has 0 saturated heterocycles. The lowest BCUT2D eigenvalue weighted by atomic mass is 10.1. The molecule has 0 aliphatic heterocycles. The van der Waals surface area contributed by atoms with Crippen LogP contribution in [0.15, 0.2) is 54.6 Å². The fourth-order valence-corrected chi connectivity index (χ4v) is 2.13. The molecular weight excluding hydrogens is 304 g/mol. The summed E-state index contributed by atoms with van der Waals surface area (Å²) in [5.74, 6) is 0.628. The molecule has 4 heteroatoms. The molecule has 126 valence electrons. The molecule has 4 nitrogen and oxygen atoms in total. The van der Waals surface area contributed by atoms with Crippen molar-refractivity contribution in [3.05, 3.63) is 65.7 Å². The van der Waals surface area contributed by atoms with Crippen molar-refractivity contribution in [2.75, 3.05) is 6.61 Å². The first kappa shape index (κ1) is 17.7. The van der Waals surface area contributed by atoms with Crippen LogP contribution >= 0.6 is 0 Å². The van der Waals surface area contributed by atoms with Crippen molar-refractivity contribution in [2.24, 2.45) is 5.92 Å². The molecule has 0 amide bonds. The molecule has 0 aliphatic carbocycles. The zero-order valence-corrected chi connectivity index (χ0v) is 14.0. The molecule has 0 N–H and O–H groups in total. The van der Waals surface area contributed by atoms with E-state index in [1.807, 2.05) is 56.3 Å². The van der Waals surface area contributed by atoms with Crippen LogP contribution in [0.1, 0.15) is 29.8 Å². The number of benzene rings is 2. The van der Waals surface area contributed by atoms with Gasteiger partial charge in [-0.3, -0.25) is 4.79 Å². The summed E-state index contributed by atoms with van der Waals surface area (Å²) in [4.78, 5) is 23.1. The lowest BCUT2D eigenvalue weighted by molar-refractivity contribution is -0.113. The fourth-order valence-electron chi connectivity index (χ4n) is 2.13. The highest BCUT2D eigenvalue weighted by molar-refractivity contribution is 5.89. The first-order valence-electron chi connectivity index (χ1n) is 8.01. The average Bonchev–Trinajstić information content (AvgIpc) is 2.60. The number of para-hydroxylation sites is 1. The predicted octanol–water partition coefficient (Wildman–Crippen LogP) is 3.69. The van der Waals surface area contributed by atoms with Gasteiger partial charge in [-0.2, -0.15) is 0 Å². The molecule has 2 rings (SSSR count). The van der Waals surface area contributed by atoms with E-state index in [9.17, 15) is 9.59 Å². The molecule has 0 fully saturated rings. The van der Waals surface area contributed by atoms with Gasteiger partial charge in [0.15, 0.2) is 12.4 Å². The van der Waals surface area contributed by atoms with Crippen molar-refractivity contribution in [3.8, 4) is 5.75 Å². The molecule has 0 heterocycles. The van der Waals surface area contributed by atoms with E-state index >= 15 is 0 Å². The maximum Gasteiger partial charge on any atom is 0.338 e. The van der Waals surface area contributed by atoms with E-state index in [0.29, 0.717) is 30.3 Å². The van der Waals surface area contributed by atoms with Crippen LogP contribution in [0, 0.1) is 5.92 Å². The average molecular weight is 326 g/mol. The Balaban J connectivity index is 1.94. The third-order valence-corrected chi connectivity index (χ3v) is 3.36. The van der Waals surface area contributed by atoms with Crippen LogP contribution in [0.2, 0.25) is 0 Å².